The minimum Gasteiger partial charge on any atom is -0.381 e. The van der Waals surface area contributed by atoms with E-state index in [1.165, 1.54) is 6.08 Å². The van der Waals surface area contributed by atoms with Crippen LogP contribution in [-0.4, -0.2) is 20.5 Å². The van der Waals surface area contributed by atoms with Gasteiger partial charge in [0.2, 0.25) is 0 Å². The van der Waals surface area contributed by atoms with Gasteiger partial charge in [0.15, 0.2) is 0 Å². The molecule has 0 amide bonds. The van der Waals surface area contributed by atoms with E-state index in [1.54, 1.807) is 0 Å². The van der Waals surface area contributed by atoms with Crippen molar-refractivity contribution in [2.45, 2.75) is 10.4 Å². The monoisotopic (exact) mass is 283 g/mol. The fraction of sp³-hybridized carbons (Fsp3) is 0.200. The molecule has 18 heavy (non-hydrogen) atoms. The quantitative estimate of drug-likeness (QED) is 0.682. The molecule has 100 valence electrons. The molecule has 0 radical (unpaired) electrons. The smallest absolute Gasteiger partial charge is 0.381 e. The Morgan fingerprint density at radius 2 is 1.94 bits per heavy atom. The predicted molar refractivity (Wildman–Crippen MR) is 58.3 cm³/mol. The van der Waals surface area contributed by atoms with Gasteiger partial charge < -0.3 is 5.32 Å². The molecule has 1 N–H and O–H groups in total. The summed E-state index contributed by atoms with van der Waals surface area (Å²) in [5.41, 5.74) is -5.81. The highest BCUT2D eigenvalue weighted by Gasteiger charge is 2.48. The minimum atomic E-state index is -5.60. The van der Waals surface area contributed by atoms with Crippen LogP contribution in [-0.2, 0) is 9.84 Å². The van der Waals surface area contributed by atoms with E-state index in [1.807, 2.05) is 0 Å². The lowest BCUT2D eigenvalue weighted by molar-refractivity contribution is -0.0435. The number of alkyl halides is 3. The molecule has 8 heteroatoms. The van der Waals surface area contributed by atoms with Gasteiger partial charge in [0.1, 0.15) is 10.7 Å². The van der Waals surface area contributed by atoms with Crippen molar-refractivity contribution in [1.82, 2.24) is 0 Å². The van der Waals surface area contributed by atoms with Crippen LogP contribution < -0.4 is 5.32 Å². The van der Waals surface area contributed by atoms with Crippen molar-refractivity contribution in [2.75, 3.05) is 11.9 Å². The van der Waals surface area contributed by atoms with Crippen molar-refractivity contribution >= 4 is 15.5 Å². The first-order valence-corrected chi connectivity index (χ1v) is 6.14. The Kier molecular flexibility index (Phi) is 4.00. The number of halogens is 4. The number of nitrogens with one attached hydrogen (secondary N) is 1. The number of hydrogen-bond acceptors (Lipinski definition) is 3. The molecule has 0 heterocycles. The molecule has 1 aromatic carbocycles. The van der Waals surface area contributed by atoms with Gasteiger partial charge in [-0.2, -0.15) is 13.2 Å². The standard InChI is InChI=1S/C10H9F4NO2S/c1-2-5-15-8-4-3-7(11)6-9(8)18(16,17)10(12,13)14/h2-4,6,15H,1,5H2. The first-order chi connectivity index (χ1) is 8.20. The van der Waals surface area contributed by atoms with Gasteiger partial charge >= 0.3 is 5.51 Å². The molecule has 0 spiro atoms. The molecule has 0 aromatic heterocycles. The number of rotatable bonds is 4. The summed E-state index contributed by atoms with van der Waals surface area (Å²) in [6.45, 7) is 3.37. The lowest BCUT2D eigenvalue weighted by Crippen LogP contribution is -2.24. The van der Waals surface area contributed by atoms with Gasteiger partial charge in [-0.25, -0.2) is 12.8 Å². The second-order valence-corrected chi connectivity index (χ2v) is 5.17. The van der Waals surface area contributed by atoms with Gasteiger partial charge in [0.25, 0.3) is 9.84 Å². The first-order valence-electron chi connectivity index (χ1n) is 4.66. The van der Waals surface area contributed by atoms with Crippen molar-refractivity contribution < 1.29 is 26.0 Å². The van der Waals surface area contributed by atoms with E-state index in [0.29, 0.717) is 6.07 Å². The van der Waals surface area contributed by atoms with Gasteiger partial charge in [-0.15, -0.1) is 6.58 Å². The zero-order valence-electron chi connectivity index (χ0n) is 8.96. The highest BCUT2D eigenvalue weighted by atomic mass is 32.2. The number of benzene rings is 1. The van der Waals surface area contributed by atoms with Crippen LogP contribution in [0.5, 0.6) is 0 Å². The minimum absolute atomic E-state index is 0.0476. The molecule has 0 atom stereocenters. The molecule has 0 aliphatic rings. The molecule has 0 aliphatic heterocycles. The molecular formula is C10H9F4NO2S. The third kappa shape index (κ3) is 2.81. The van der Waals surface area contributed by atoms with Crippen LogP contribution in [0.2, 0.25) is 0 Å². The summed E-state index contributed by atoms with van der Waals surface area (Å²) in [6, 6.07) is 2.12. The van der Waals surface area contributed by atoms with Crippen molar-refractivity contribution in [3.8, 4) is 0 Å². The molecule has 3 nitrogen and oxygen atoms in total. The average Bonchev–Trinajstić information content (AvgIpc) is 2.25. The van der Waals surface area contributed by atoms with Crippen LogP contribution >= 0.6 is 0 Å². The van der Waals surface area contributed by atoms with Crippen LogP contribution in [0.3, 0.4) is 0 Å². The molecule has 0 bridgehead atoms. The zero-order chi connectivity index (χ0) is 14.0. The summed E-state index contributed by atoms with van der Waals surface area (Å²) >= 11 is 0. The molecule has 1 rings (SSSR count). The van der Waals surface area contributed by atoms with Crippen LogP contribution in [0.4, 0.5) is 23.2 Å². The first kappa shape index (κ1) is 14.5. The molecule has 1 aromatic rings. The summed E-state index contributed by atoms with van der Waals surface area (Å²) in [7, 11) is -5.60. The maximum absolute atomic E-state index is 12.9. The third-order valence-electron chi connectivity index (χ3n) is 1.97. The highest BCUT2D eigenvalue weighted by Crippen LogP contribution is 2.34. The van der Waals surface area contributed by atoms with E-state index in [2.05, 4.69) is 11.9 Å². The van der Waals surface area contributed by atoms with Gasteiger partial charge in [-0.3, -0.25) is 0 Å². The fourth-order valence-electron chi connectivity index (χ4n) is 1.17. The molecule has 0 aliphatic carbocycles. The Hall–Kier alpha value is -1.57. The highest BCUT2D eigenvalue weighted by molar-refractivity contribution is 7.92. The Labute approximate surface area is 101 Å². The van der Waals surface area contributed by atoms with Gasteiger partial charge in [0.05, 0.1) is 5.69 Å². The van der Waals surface area contributed by atoms with Crippen LogP contribution in [0.1, 0.15) is 0 Å². The number of sulfone groups is 1. The third-order valence-corrected chi connectivity index (χ3v) is 3.50. The SMILES string of the molecule is C=CCNc1ccc(F)cc1S(=O)(=O)C(F)(F)F. The second kappa shape index (κ2) is 4.97. The zero-order valence-corrected chi connectivity index (χ0v) is 9.78. The Morgan fingerprint density at radius 3 is 2.44 bits per heavy atom. The van der Waals surface area contributed by atoms with Crippen LogP contribution in [0.25, 0.3) is 0 Å². The van der Waals surface area contributed by atoms with E-state index < -0.39 is 26.1 Å². The van der Waals surface area contributed by atoms with E-state index in [-0.39, 0.29) is 12.2 Å². The molecule has 0 fully saturated rings. The maximum Gasteiger partial charge on any atom is 0.501 e. The largest absolute Gasteiger partial charge is 0.501 e. The van der Waals surface area contributed by atoms with Crippen LogP contribution in [0, 0.1) is 5.82 Å². The summed E-state index contributed by atoms with van der Waals surface area (Å²) in [5.74, 6) is -1.07. The Balaban J connectivity index is 3.38. The van der Waals surface area contributed by atoms with E-state index >= 15 is 0 Å². The second-order valence-electron chi connectivity index (χ2n) is 3.26. The lowest BCUT2D eigenvalue weighted by atomic mass is 10.3. The summed E-state index contributed by atoms with van der Waals surface area (Å²) < 4.78 is 72.6. The van der Waals surface area contributed by atoms with Crippen molar-refractivity contribution in [1.29, 1.82) is 0 Å². The predicted octanol–water partition coefficient (Wildman–Crippen LogP) is 2.72. The molecule has 0 unspecified atom stereocenters. The van der Waals surface area contributed by atoms with Crippen molar-refractivity contribution in [3.05, 3.63) is 36.7 Å². The average molecular weight is 283 g/mol. The maximum atomic E-state index is 12.9. The Morgan fingerprint density at radius 1 is 1.33 bits per heavy atom. The topological polar surface area (TPSA) is 46.2 Å². The molecule has 0 saturated carbocycles. The molecular weight excluding hydrogens is 274 g/mol. The van der Waals surface area contributed by atoms with Crippen molar-refractivity contribution in [2.24, 2.45) is 0 Å². The summed E-state index contributed by atoms with van der Waals surface area (Å²) in [5, 5.41) is 2.40. The van der Waals surface area contributed by atoms with Crippen molar-refractivity contribution in [3.63, 3.8) is 0 Å². The summed E-state index contributed by atoms with van der Waals surface area (Å²) in [4.78, 5) is -1.14. The van der Waals surface area contributed by atoms with Gasteiger partial charge in [-0.1, -0.05) is 6.08 Å². The fourth-order valence-corrected chi connectivity index (χ4v) is 2.12. The van der Waals surface area contributed by atoms with Gasteiger partial charge in [-0.05, 0) is 18.2 Å². The van der Waals surface area contributed by atoms with Crippen LogP contribution in [0.15, 0.2) is 35.7 Å². The molecule has 0 saturated heterocycles. The number of hydrogen-bond donors (Lipinski definition) is 1. The van der Waals surface area contributed by atoms with E-state index in [9.17, 15) is 26.0 Å². The Bertz CT molecular complexity index is 551. The summed E-state index contributed by atoms with van der Waals surface area (Å²) in [6.07, 6.45) is 1.33. The number of anilines is 1. The van der Waals surface area contributed by atoms with E-state index in [4.69, 9.17) is 0 Å². The van der Waals surface area contributed by atoms with E-state index in [0.717, 1.165) is 12.1 Å². The lowest BCUT2D eigenvalue weighted by Gasteiger charge is -2.13. The normalized spacial score (nSPS) is 12.2. The van der Waals surface area contributed by atoms with Gasteiger partial charge in [0, 0.05) is 6.54 Å².